The highest BCUT2D eigenvalue weighted by Gasteiger charge is 2.41. The Morgan fingerprint density at radius 2 is 2.14 bits per heavy atom. The van der Waals surface area contributed by atoms with Crippen LogP contribution < -0.4 is 5.32 Å². The normalized spacial score (nSPS) is 32.1. The van der Waals surface area contributed by atoms with Gasteiger partial charge in [-0.05, 0) is 26.0 Å². The minimum atomic E-state index is -1.01. The van der Waals surface area contributed by atoms with Crippen LogP contribution in [0.1, 0.15) is 18.9 Å². The van der Waals surface area contributed by atoms with Crippen LogP contribution in [0, 0.1) is 5.82 Å². The Morgan fingerprint density at radius 3 is 2.71 bits per heavy atom. The van der Waals surface area contributed by atoms with Crippen molar-refractivity contribution < 1.29 is 8.78 Å². The Balaban J connectivity index is 2.43. The topological polar surface area (TPSA) is 12.0 Å². The minimum absolute atomic E-state index is 0.341. The van der Waals surface area contributed by atoms with Crippen molar-refractivity contribution in [3.63, 3.8) is 0 Å². The maximum atomic E-state index is 13.6. The summed E-state index contributed by atoms with van der Waals surface area (Å²) < 4.78 is 27.1. The van der Waals surface area contributed by atoms with Gasteiger partial charge in [0.2, 0.25) is 0 Å². The summed E-state index contributed by atoms with van der Waals surface area (Å²) in [6.45, 7) is 2.31. The van der Waals surface area contributed by atoms with Crippen LogP contribution in [0.5, 0.6) is 0 Å². The highest BCUT2D eigenvalue weighted by molar-refractivity contribution is 5.28. The van der Waals surface area contributed by atoms with E-state index in [1.807, 2.05) is 0 Å². The van der Waals surface area contributed by atoms with Crippen LogP contribution in [0.3, 0.4) is 0 Å². The molecule has 0 amide bonds. The summed E-state index contributed by atoms with van der Waals surface area (Å²) in [7, 11) is 0. The molecule has 0 spiro atoms. The first-order valence-electron chi connectivity index (χ1n) is 4.79. The van der Waals surface area contributed by atoms with E-state index in [4.69, 9.17) is 0 Å². The Kier molecular flexibility index (Phi) is 2.27. The molecule has 0 aliphatic carbocycles. The van der Waals surface area contributed by atoms with Crippen molar-refractivity contribution in [3.05, 3.63) is 35.6 Å². The van der Waals surface area contributed by atoms with Crippen molar-refractivity contribution in [2.75, 3.05) is 6.54 Å². The molecule has 1 aliphatic heterocycles. The standard InChI is InChI=1S/C11H13F2N/c1-11(10(13)6-7-14-11)8-4-2-3-5-9(8)12/h2-5,10,14H,6-7H2,1H3. The third kappa shape index (κ3) is 1.32. The highest BCUT2D eigenvalue weighted by atomic mass is 19.1. The second-order valence-corrected chi connectivity index (χ2v) is 3.87. The quantitative estimate of drug-likeness (QED) is 0.728. The Labute approximate surface area is 82.1 Å². The molecule has 0 radical (unpaired) electrons. The Hall–Kier alpha value is -0.960. The van der Waals surface area contributed by atoms with Gasteiger partial charge in [-0.3, -0.25) is 0 Å². The molecular weight excluding hydrogens is 184 g/mol. The maximum Gasteiger partial charge on any atom is 0.128 e. The van der Waals surface area contributed by atoms with Crippen molar-refractivity contribution >= 4 is 0 Å². The number of halogens is 2. The molecule has 1 aromatic carbocycles. The predicted molar refractivity (Wildman–Crippen MR) is 51.3 cm³/mol. The largest absolute Gasteiger partial charge is 0.305 e. The van der Waals surface area contributed by atoms with E-state index < -0.39 is 11.7 Å². The first-order valence-corrected chi connectivity index (χ1v) is 4.79. The number of benzene rings is 1. The first kappa shape index (κ1) is 9.59. The molecule has 76 valence electrons. The van der Waals surface area contributed by atoms with Gasteiger partial charge in [-0.25, -0.2) is 8.78 Å². The minimum Gasteiger partial charge on any atom is -0.305 e. The zero-order valence-corrected chi connectivity index (χ0v) is 8.06. The number of hydrogen-bond acceptors (Lipinski definition) is 1. The molecular formula is C11H13F2N. The van der Waals surface area contributed by atoms with E-state index in [1.54, 1.807) is 25.1 Å². The van der Waals surface area contributed by atoms with Gasteiger partial charge in [-0.1, -0.05) is 18.2 Å². The van der Waals surface area contributed by atoms with Crippen LogP contribution in [-0.4, -0.2) is 12.7 Å². The van der Waals surface area contributed by atoms with Crippen molar-refractivity contribution in [2.24, 2.45) is 0 Å². The smallest absolute Gasteiger partial charge is 0.128 e. The highest BCUT2D eigenvalue weighted by Crippen LogP contribution is 2.34. The molecule has 2 unspecified atom stereocenters. The third-order valence-corrected chi connectivity index (χ3v) is 2.95. The molecule has 2 rings (SSSR count). The monoisotopic (exact) mass is 197 g/mol. The Bertz CT molecular complexity index is 340. The van der Waals surface area contributed by atoms with Gasteiger partial charge in [0, 0.05) is 5.56 Å². The maximum absolute atomic E-state index is 13.6. The number of alkyl halides is 1. The van der Waals surface area contributed by atoms with Gasteiger partial charge >= 0.3 is 0 Å². The molecule has 1 aliphatic rings. The fraction of sp³-hybridized carbons (Fsp3) is 0.455. The van der Waals surface area contributed by atoms with Crippen molar-refractivity contribution in [1.82, 2.24) is 5.32 Å². The lowest BCUT2D eigenvalue weighted by molar-refractivity contribution is 0.214. The van der Waals surface area contributed by atoms with Crippen molar-refractivity contribution in [3.8, 4) is 0 Å². The average Bonchev–Trinajstić information content (AvgIpc) is 2.49. The van der Waals surface area contributed by atoms with E-state index in [0.29, 0.717) is 18.5 Å². The lowest BCUT2D eigenvalue weighted by Gasteiger charge is -2.27. The summed E-state index contributed by atoms with van der Waals surface area (Å²) in [4.78, 5) is 0. The van der Waals surface area contributed by atoms with E-state index >= 15 is 0 Å². The summed E-state index contributed by atoms with van der Waals surface area (Å²) >= 11 is 0. The SMILES string of the molecule is CC1(c2ccccc2F)NCCC1F. The summed E-state index contributed by atoms with van der Waals surface area (Å²) in [5.74, 6) is -0.341. The van der Waals surface area contributed by atoms with Gasteiger partial charge in [0.25, 0.3) is 0 Å². The molecule has 1 aromatic rings. The van der Waals surface area contributed by atoms with E-state index in [2.05, 4.69) is 5.32 Å². The summed E-state index contributed by atoms with van der Waals surface area (Å²) in [6, 6.07) is 6.36. The molecule has 14 heavy (non-hydrogen) atoms. The third-order valence-electron chi connectivity index (χ3n) is 2.95. The number of nitrogens with one attached hydrogen (secondary N) is 1. The van der Waals surface area contributed by atoms with E-state index in [1.165, 1.54) is 6.07 Å². The molecule has 1 fully saturated rings. The van der Waals surface area contributed by atoms with Gasteiger partial charge in [0.15, 0.2) is 0 Å². The van der Waals surface area contributed by atoms with Gasteiger partial charge in [-0.15, -0.1) is 0 Å². The van der Waals surface area contributed by atoms with E-state index in [-0.39, 0.29) is 5.82 Å². The van der Waals surface area contributed by atoms with Crippen LogP contribution in [-0.2, 0) is 5.54 Å². The molecule has 1 N–H and O–H groups in total. The number of rotatable bonds is 1. The zero-order valence-electron chi connectivity index (χ0n) is 8.06. The summed E-state index contributed by atoms with van der Waals surface area (Å²) in [5.41, 5.74) is -0.435. The fourth-order valence-corrected chi connectivity index (χ4v) is 2.00. The summed E-state index contributed by atoms with van der Waals surface area (Å²) in [6.07, 6.45) is -0.565. The molecule has 1 saturated heterocycles. The van der Waals surface area contributed by atoms with E-state index in [0.717, 1.165) is 0 Å². The number of hydrogen-bond donors (Lipinski definition) is 1. The van der Waals surface area contributed by atoms with Crippen LogP contribution in [0.25, 0.3) is 0 Å². The fourth-order valence-electron chi connectivity index (χ4n) is 2.00. The molecule has 1 nitrogen and oxygen atoms in total. The predicted octanol–water partition coefficient (Wildman–Crippen LogP) is 2.37. The van der Waals surface area contributed by atoms with Crippen LogP contribution in [0.2, 0.25) is 0 Å². The second-order valence-electron chi connectivity index (χ2n) is 3.87. The molecule has 1 heterocycles. The van der Waals surface area contributed by atoms with Gasteiger partial charge in [0.05, 0.1) is 5.54 Å². The van der Waals surface area contributed by atoms with Crippen molar-refractivity contribution in [2.45, 2.75) is 25.1 Å². The molecule has 0 aromatic heterocycles. The molecule has 2 atom stereocenters. The van der Waals surface area contributed by atoms with Crippen LogP contribution in [0.4, 0.5) is 8.78 Å². The summed E-state index contributed by atoms with van der Waals surface area (Å²) in [5, 5.41) is 3.02. The lowest BCUT2D eigenvalue weighted by atomic mass is 9.89. The molecule has 0 bridgehead atoms. The molecule has 0 saturated carbocycles. The average molecular weight is 197 g/mol. The van der Waals surface area contributed by atoms with Crippen molar-refractivity contribution in [1.29, 1.82) is 0 Å². The van der Waals surface area contributed by atoms with Crippen LogP contribution >= 0.6 is 0 Å². The second kappa shape index (κ2) is 3.31. The van der Waals surface area contributed by atoms with Gasteiger partial charge in [-0.2, -0.15) is 0 Å². The van der Waals surface area contributed by atoms with Gasteiger partial charge < -0.3 is 5.32 Å². The Morgan fingerprint density at radius 1 is 1.43 bits per heavy atom. The van der Waals surface area contributed by atoms with Crippen LogP contribution in [0.15, 0.2) is 24.3 Å². The lowest BCUT2D eigenvalue weighted by Crippen LogP contribution is -2.40. The molecule has 3 heteroatoms. The zero-order chi connectivity index (χ0) is 10.2. The first-order chi connectivity index (χ1) is 6.64. The van der Waals surface area contributed by atoms with E-state index in [9.17, 15) is 8.78 Å². The van der Waals surface area contributed by atoms with Gasteiger partial charge in [0.1, 0.15) is 12.0 Å².